The third-order valence-corrected chi connectivity index (χ3v) is 6.23. The molecule has 0 aromatic carbocycles. The number of aliphatic hydroxyl groups excluding tert-OH is 1. The summed E-state index contributed by atoms with van der Waals surface area (Å²) in [4.78, 5) is 0. The van der Waals surface area contributed by atoms with Crippen molar-refractivity contribution in [1.82, 2.24) is 3.53 Å². The Labute approximate surface area is 106 Å². The second-order valence-corrected chi connectivity index (χ2v) is 6.52. The number of hydrogen-bond acceptors (Lipinski definition) is 2. The largest absolute Gasteiger partial charge is 0.396 e. The van der Waals surface area contributed by atoms with Crippen LogP contribution in [0.2, 0.25) is 0 Å². The molecule has 4 fully saturated rings. The van der Waals surface area contributed by atoms with Gasteiger partial charge in [0, 0.05) is 35.0 Å². The molecular formula is C12H20INO. The lowest BCUT2D eigenvalue weighted by Gasteiger charge is -2.61. The fraction of sp³-hybridized carbons (Fsp3) is 1.00. The predicted molar refractivity (Wildman–Crippen MR) is 68.6 cm³/mol. The Morgan fingerprint density at radius 1 is 1.20 bits per heavy atom. The smallest absolute Gasteiger partial charge is 0.0434 e. The lowest BCUT2D eigenvalue weighted by molar-refractivity contribution is -0.0675. The summed E-state index contributed by atoms with van der Waals surface area (Å²) < 4.78 is 3.60. The van der Waals surface area contributed by atoms with Crippen molar-refractivity contribution in [3.8, 4) is 0 Å². The zero-order chi connectivity index (χ0) is 10.5. The molecule has 4 aliphatic rings. The fourth-order valence-electron chi connectivity index (χ4n) is 4.94. The minimum atomic E-state index is 0.372. The predicted octanol–water partition coefficient (Wildman–Crippen LogP) is 2.50. The molecule has 0 heterocycles. The Morgan fingerprint density at radius 2 is 1.87 bits per heavy atom. The second kappa shape index (κ2) is 3.84. The Bertz CT molecular complexity index is 244. The van der Waals surface area contributed by atoms with Crippen molar-refractivity contribution in [3.63, 3.8) is 0 Å². The molecule has 0 amide bonds. The molecule has 0 aliphatic heterocycles. The van der Waals surface area contributed by atoms with Gasteiger partial charge >= 0.3 is 0 Å². The standard InChI is InChI=1S/C12H20INO/c13-14-12-6-8-3-9(7-12)5-10(4-8)11(12)1-2-15/h8-11,14-15H,1-7H2. The van der Waals surface area contributed by atoms with E-state index in [4.69, 9.17) is 0 Å². The van der Waals surface area contributed by atoms with Gasteiger partial charge in [-0.15, -0.1) is 0 Å². The zero-order valence-electron chi connectivity index (χ0n) is 9.08. The second-order valence-electron chi connectivity index (χ2n) is 5.98. The summed E-state index contributed by atoms with van der Waals surface area (Å²) >= 11 is 2.36. The molecule has 4 bridgehead atoms. The first-order chi connectivity index (χ1) is 7.27. The van der Waals surface area contributed by atoms with Gasteiger partial charge in [-0.25, -0.2) is 0 Å². The molecule has 2 N–H and O–H groups in total. The van der Waals surface area contributed by atoms with Gasteiger partial charge in [0.15, 0.2) is 0 Å². The van der Waals surface area contributed by atoms with E-state index in [-0.39, 0.29) is 0 Å². The summed E-state index contributed by atoms with van der Waals surface area (Å²) in [5.41, 5.74) is 0.387. The van der Waals surface area contributed by atoms with Gasteiger partial charge in [-0.05, 0) is 62.2 Å². The maximum absolute atomic E-state index is 9.23. The minimum Gasteiger partial charge on any atom is -0.396 e. The first-order valence-electron chi connectivity index (χ1n) is 6.26. The van der Waals surface area contributed by atoms with E-state index in [0.29, 0.717) is 12.1 Å². The maximum atomic E-state index is 9.23. The number of nitrogens with one attached hydrogen (secondary N) is 1. The van der Waals surface area contributed by atoms with E-state index >= 15 is 0 Å². The van der Waals surface area contributed by atoms with Crippen LogP contribution in [0.1, 0.15) is 38.5 Å². The van der Waals surface area contributed by atoms with Crippen LogP contribution in [0, 0.1) is 23.7 Å². The van der Waals surface area contributed by atoms with Crippen LogP contribution < -0.4 is 3.53 Å². The molecule has 0 radical (unpaired) electrons. The summed E-state index contributed by atoms with van der Waals surface area (Å²) in [7, 11) is 0. The highest BCUT2D eigenvalue weighted by Gasteiger charge is 2.56. The van der Waals surface area contributed by atoms with Crippen molar-refractivity contribution in [3.05, 3.63) is 0 Å². The molecule has 4 saturated carbocycles. The first-order valence-corrected chi connectivity index (χ1v) is 7.34. The van der Waals surface area contributed by atoms with Crippen LogP contribution in [-0.2, 0) is 0 Å². The van der Waals surface area contributed by atoms with Gasteiger partial charge in [0.05, 0.1) is 0 Å². The molecule has 3 unspecified atom stereocenters. The highest BCUT2D eigenvalue weighted by molar-refractivity contribution is 14.1. The molecule has 3 heteroatoms. The van der Waals surface area contributed by atoms with Gasteiger partial charge in [0.2, 0.25) is 0 Å². The van der Waals surface area contributed by atoms with Gasteiger partial charge < -0.3 is 5.11 Å². The fourth-order valence-corrected chi connectivity index (χ4v) is 5.78. The van der Waals surface area contributed by atoms with Crippen LogP contribution in [0.25, 0.3) is 0 Å². The van der Waals surface area contributed by atoms with Crippen LogP contribution in [0.15, 0.2) is 0 Å². The highest BCUT2D eigenvalue weighted by atomic mass is 127. The normalized spacial score (nSPS) is 52.4. The van der Waals surface area contributed by atoms with E-state index in [2.05, 4.69) is 26.4 Å². The molecule has 15 heavy (non-hydrogen) atoms. The molecule has 0 saturated heterocycles. The SMILES string of the molecule is OCCC1C2CC3CC(C2)CC1(NI)C3. The number of halogens is 1. The van der Waals surface area contributed by atoms with Gasteiger partial charge in [-0.2, -0.15) is 0 Å². The van der Waals surface area contributed by atoms with Gasteiger partial charge in [-0.1, -0.05) is 0 Å². The number of aliphatic hydroxyl groups is 1. The lowest BCUT2D eigenvalue weighted by atomic mass is 9.48. The van der Waals surface area contributed by atoms with Crippen LogP contribution in [0.5, 0.6) is 0 Å². The van der Waals surface area contributed by atoms with Crippen molar-refractivity contribution in [2.45, 2.75) is 44.1 Å². The van der Waals surface area contributed by atoms with Crippen molar-refractivity contribution in [1.29, 1.82) is 0 Å². The Kier molecular flexibility index (Phi) is 2.76. The van der Waals surface area contributed by atoms with E-state index < -0.39 is 0 Å². The summed E-state index contributed by atoms with van der Waals surface area (Å²) in [6.07, 6.45) is 8.13. The minimum absolute atomic E-state index is 0.372. The van der Waals surface area contributed by atoms with Crippen LogP contribution >= 0.6 is 22.9 Å². The molecule has 2 nitrogen and oxygen atoms in total. The number of hydrogen-bond donors (Lipinski definition) is 2. The Hall–Kier alpha value is 0.650. The topological polar surface area (TPSA) is 32.3 Å². The molecule has 0 aromatic rings. The summed E-state index contributed by atoms with van der Waals surface area (Å²) in [5.74, 6) is 3.62. The summed E-state index contributed by atoms with van der Waals surface area (Å²) in [6, 6.07) is 0. The molecular weight excluding hydrogens is 301 g/mol. The number of rotatable bonds is 3. The highest BCUT2D eigenvalue weighted by Crippen LogP contribution is 2.59. The summed E-state index contributed by atoms with van der Waals surface area (Å²) in [5, 5.41) is 9.23. The van der Waals surface area contributed by atoms with Gasteiger partial charge in [-0.3, -0.25) is 3.53 Å². The molecule has 0 aromatic heterocycles. The Balaban J connectivity index is 1.88. The van der Waals surface area contributed by atoms with E-state index in [9.17, 15) is 5.11 Å². The molecule has 4 aliphatic carbocycles. The van der Waals surface area contributed by atoms with Crippen LogP contribution in [0.3, 0.4) is 0 Å². The maximum Gasteiger partial charge on any atom is 0.0434 e. The lowest BCUT2D eigenvalue weighted by Crippen LogP contribution is -2.62. The third kappa shape index (κ3) is 1.57. The van der Waals surface area contributed by atoms with E-state index in [1.54, 1.807) is 0 Å². The van der Waals surface area contributed by atoms with Crippen LogP contribution in [-0.4, -0.2) is 17.3 Å². The Morgan fingerprint density at radius 3 is 2.40 bits per heavy atom. The van der Waals surface area contributed by atoms with Crippen molar-refractivity contribution in [2.24, 2.45) is 23.7 Å². The molecule has 86 valence electrons. The summed E-state index contributed by atoms with van der Waals surface area (Å²) in [6.45, 7) is 0.372. The van der Waals surface area contributed by atoms with E-state index in [0.717, 1.165) is 30.1 Å². The van der Waals surface area contributed by atoms with Crippen molar-refractivity contribution >= 4 is 22.9 Å². The van der Waals surface area contributed by atoms with Crippen molar-refractivity contribution < 1.29 is 5.11 Å². The average Bonchev–Trinajstić information content (AvgIpc) is 2.22. The third-order valence-electron chi connectivity index (χ3n) is 5.15. The van der Waals surface area contributed by atoms with Gasteiger partial charge in [0.25, 0.3) is 0 Å². The monoisotopic (exact) mass is 321 g/mol. The van der Waals surface area contributed by atoms with Crippen LogP contribution in [0.4, 0.5) is 0 Å². The quantitative estimate of drug-likeness (QED) is 0.618. The molecule has 4 rings (SSSR count). The van der Waals surface area contributed by atoms with Gasteiger partial charge in [0.1, 0.15) is 0 Å². The molecule has 0 spiro atoms. The van der Waals surface area contributed by atoms with Crippen molar-refractivity contribution in [2.75, 3.05) is 6.61 Å². The first kappa shape index (κ1) is 10.8. The van der Waals surface area contributed by atoms with E-state index in [1.165, 1.54) is 32.1 Å². The van der Waals surface area contributed by atoms with E-state index in [1.807, 2.05) is 0 Å². The zero-order valence-corrected chi connectivity index (χ0v) is 11.2. The molecule has 3 atom stereocenters. The average molecular weight is 321 g/mol.